The van der Waals surface area contributed by atoms with Gasteiger partial charge in [0.1, 0.15) is 16.9 Å². The molecule has 2 aromatic carbocycles. The van der Waals surface area contributed by atoms with E-state index in [9.17, 15) is 9.65 Å². The van der Waals surface area contributed by atoms with Crippen LogP contribution in [0.15, 0.2) is 41.6 Å². The molecule has 2 atom stereocenters. The van der Waals surface area contributed by atoms with Gasteiger partial charge in [0.05, 0.1) is 23.3 Å². The van der Waals surface area contributed by atoms with E-state index in [4.69, 9.17) is 10.1 Å². The number of nitriles is 1. The molecule has 8 heteroatoms. The molecule has 5 nitrogen and oxygen atoms in total. The topological polar surface area (TPSA) is 72.1 Å². The molecule has 1 heterocycles. The summed E-state index contributed by atoms with van der Waals surface area (Å²) in [6, 6.07) is 8.52. The van der Waals surface area contributed by atoms with E-state index in [1.165, 1.54) is 19.2 Å². The van der Waals surface area contributed by atoms with Crippen LogP contribution in [-0.2, 0) is 4.74 Å². The molecule has 0 aliphatic carbocycles. The number of hydrogen-bond donors (Lipinski definition) is 2. The molecule has 0 aromatic heterocycles. The van der Waals surface area contributed by atoms with Gasteiger partial charge in [0, 0.05) is 33.9 Å². The average molecular weight is 567 g/mol. The van der Waals surface area contributed by atoms with Gasteiger partial charge in [-0.2, -0.15) is 5.26 Å². The predicted octanol–water partition coefficient (Wildman–Crippen LogP) is 6.84. The number of nitrogens with zero attached hydrogens (tertiary/aromatic N) is 2. The summed E-state index contributed by atoms with van der Waals surface area (Å²) in [6.07, 6.45) is 3.28. The Morgan fingerprint density at radius 1 is 1.15 bits per heavy atom. The molecule has 214 valence electrons. The Kier molecular flexibility index (Phi) is 10.4. The minimum Gasteiger partial charge on any atom is -0.483 e. The van der Waals surface area contributed by atoms with Crippen LogP contribution < -0.4 is 15.8 Å². The maximum Gasteiger partial charge on any atom is 0.183 e. The number of anilines is 1. The maximum atomic E-state index is 16.6. The number of thioether (sulfide) groups is 1. The maximum absolute atomic E-state index is 16.6. The monoisotopic (exact) mass is 566 g/mol. The summed E-state index contributed by atoms with van der Waals surface area (Å²) in [6.45, 7) is 17.7. The number of methoxy groups -OCH3 is 1. The lowest BCUT2D eigenvalue weighted by atomic mass is 9.92. The fourth-order valence-corrected chi connectivity index (χ4v) is 6.22. The molecule has 0 radical (unpaired) electrons. The van der Waals surface area contributed by atoms with E-state index in [2.05, 4.69) is 51.4 Å². The van der Waals surface area contributed by atoms with E-state index in [1.807, 2.05) is 19.1 Å². The van der Waals surface area contributed by atoms with Crippen molar-refractivity contribution < 1.29 is 13.5 Å². The summed E-state index contributed by atoms with van der Waals surface area (Å²) in [7, 11) is 1.46. The van der Waals surface area contributed by atoms with Crippen LogP contribution in [0.1, 0.15) is 60.8 Å². The fraction of sp³-hybridized carbons (Fsp3) is 0.438. The lowest BCUT2D eigenvalue weighted by Crippen LogP contribution is -2.40. The minimum absolute atomic E-state index is 0.0368. The Morgan fingerprint density at radius 3 is 2.40 bits per heavy atom. The Balaban J connectivity index is 2.41. The molecule has 40 heavy (non-hydrogen) atoms. The highest BCUT2D eigenvalue weighted by Gasteiger charge is 2.25. The van der Waals surface area contributed by atoms with Gasteiger partial charge < -0.3 is 15.0 Å². The van der Waals surface area contributed by atoms with Gasteiger partial charge in [-0.05, 0) is 56.4 Å². The van der Waals surface area contributed by atoms with Crippen molar-refractivity contribution in [3.8, 4) is 6.07 Å². The molecular weight excluding hydrogens is 526 g/mol. The summed E-state index contributed by atoms with van der Waals surface area (Å²) >= 11 is 0.878. The number of fused-ring (bicyclic) bond motifs is 1. The predicted molar refractivity (Wildman–Crippen MR) is 161 cm³/mol. The fourth-order valence-electron chi connectivity index (χ4n) is 5.28. The first-order chi connectivity index (χ1) is 19.0. The number of benzene rings is 2. The second-order valence-electron chi connectivity index (χ2n) is 10.6. The van der Waals surface area contributed by atoms with E-state index in [1.54, 1.807) is 6.07 Å². The molecule has 0 amide bonds. The van der Waals surface area contributed by atoms with Gasteiger partial charge in [-0.3, -0.25) is 5.41 Å². The Labute approximate surface area is 240 Å². The lowest BCUT2D eigenvalue weighted by Gasteiger charge is -2.37. The normalized spacial score (nSPS) is 15.8. The molecule has 0 bridgehead atoms. The summed E-state index contributed by atoms with van der Waals surface area (Å²) in [5, 5.41) is 22.3. The van der Waals surface area contributed by atoms with E-state index in [-0.39, 0.29) is 43.6 Å². The van der Waals surface area contributed by atoms with Crippen molar-refractivity contribution in [3.63, 3.8) is 0 Å². The van der Waals surface area contributed by atoms with Gasteiger partial charge in [-0.1, -0.05) is 64.1 Å². The molecule has 2 aromatic rings. The van der Waals surface area contributed by atoms with Crippen LogP contribution in [0.2, 0.25) is 0 Å². The number of nitrogens with one attached hydrogen (secondary N) is 2. The second kappa shape index (κ2) is 13.4. The zero-order valence-corrected chi connectivity index (χ0v) is 25.4. The SMILES string of the molecule is C=C(Nc1c(F)/c(=c2/ccc(F)c3c2=C(C#N)C(=N)S3)cc/c1=C(/C)N(CC)C(CCC(C)CC)C(C)C)OC. The third kappa shape index (κ3) is 6.20. The average Bonchev–Trinajstić information content (AvgIpc) is 3.28. The molecule has 2 N–H and O–H groups in total. The minimum atomic E-state index is -0.568. The van der Waals surface area contributed by atoms with Crippen LogP contribution in [0.4, 0.5) is 14.5 Å². The van der Waals surface area contributed by atoms with E-state index in [0.29, 0.717) is 22.3 Å². The Morgan fingerprint density at radius 2 is 1.82 bits per heavy atom. The van der Waals surface area contributed by atoms with Crippen LogP contribution in [0.5, 0.6) is 0 Å². The Hall–Kier alpha value is -3.31. The van der Waals surface area contributed by atoms with Gasteiger partial charge in [0.15, 0.2) is 11.7 Å². The third-order valence-corrected chi connectivity index (χ3v) is 8.84. The van der Waals surface area contributed by atoms with Crippen molar-refractivity contribution in [1.82, 2.24) is 4.90 Å². The highest BCUT2D eigenvalue weighted by Crippen LogP contribution is 2.29. The van der Waals surface area contributed by atoms with Crippen molar-refractivity contribution in [1.29, 1.82) is 10.7 Å². The molecule has 0 fully saturated rings. The zero-order chi connectivity index (χ0) is 29.7. The molecule has 0 saturated heterocycles. The van der Waals surface area contributed by atoms with E-state index < -0.39 is 11.6 Å². The summed E-state index contributed by atoms with van der Waals surface area (Å²) in [5.41, 5.74) is 1.16. The largest absolute Gasteiger partial charge is 0.483 e. The van der Waals surface area contributed by atoms with E-state index >= 15 is 4.39 Å². The van der Waals surface area contributed by atoms with Crippen LogP contribution >= 0.6 is 11.8 Å². The number of halogens is 2. The molecule has 0 saturated carbocycles. The Bertz CT molecular complexity index is 1560. The van der Waals surface area contributed by atoms with E-state index in [0.717, 1.165) is 43.3 Å². The standard InChI is InChI=1S/C32H40F2N4OS/c1-9-19(5)11-16-27(18(3)4)38(10-2)20(6)22-12-13-24(29(34)30(22)37-21(7)39-8)23-14-15-26(33)31-28(23)25(17-35)32(36)40-31/h12-15,18-19,27,36-37H,7,9-11,16H2,1-6,8H3/b22-20+,24-23-,36-32?. The summed E-state index contributed by atoms with van der Waals surface area (Å²) in [4.78, 5) is 2.51. The molecule has 1 aliphatic rings. The summed E-state index contributed by atoms with van der Waals surface area (Å²) < 4.78 is 36.5. The van der Waals surface area contributed by atoms with Gasteiger partial charge in [0.25, 0.3) is 0 Å². The first kappa shape index (κ1) is 31.2. The smallest absolute Gasteiger partial charge is 0.183 e. The first-order valence-electron chi connectivity index (χ1n) is 13.8. The van der Waals surface area contributed by atoms with Crippen LogP contribution in [0, 0.1) is 50.6 Å². The zero-order valence-electron chi connectivity index (χ0n) is 24.5. The van der Waals surface area contributed by atoms with Gasteiger partial charge in [0.2, 0.25) is 0 Å². The first-order valence-corrected chi connectivity index (χ1v) is 14.6. The molecule has 0 spiro atoms. The number of ether oxygens (including phenoxy) is 1. The van der Waals surface area contributed by atoms with Gasteiger partial charge in [-0.25, -0.2) is 8.78 Å². The van der Waals surface area contributed by atoms with Crippen molar-refractivity contribution in [2.24, 2.45) is 11.8 Å². The molecule has 3 rings (SSSR count). The number of rotatable bonds is 11. The van der Waals surface area contributed by atoms with Gasteiger partial charge in [-0.15, -0.1) is 0 Å². The summed E-state index contributed by atoms with van der Waals surface area (Å²) in [5.74, 6) is 0.0915. The quantitative estimate of drug-likeness (QED) is 0.292. The van der Waals surface area contributed by atoms with Crippen LogP contribution in [0.25, 0.3) is 11.3 Å². The van der Waals surface area contributed by atoms with Crippen LogP contribution in [-0.4, -0.2) is 29.6 Å². The second-order valence-corrected chi connectivity index (χ2v) is 11.6. The van der Waals surface area contributed by atoms with Crippen molar-refractivity contribution >= 4 is 33.8 Å². The molecule has 2 unspecified atom stereocenters. The highest BCUT2D eigenvalue weighted by atomic mass is 32.2. The highest BCUT2D eigenvalue weighted by molar-refractivity contribution is 8.15. The third-order valence-electron chi connectivity index (χ3n) is 7.83. The molecular formula is C32H40F2N4OS. The number of hydrogen-bond acceptors (Lipinski definition) is 6. The van der Waals surface area contributed by atoms with Gasteiger partial charge >= 0.3 is 0 Å². The van der Waals surface area contributed by atoms with Crippen molar-refractivity contribution in [3.05, 3.63) is 69.2 Å². The lowest BCUT2D eigenvalue weighted by molar-refractivity contribution is 0.213. The van der Waals surface area contributed by atoms with Crippen molar-refractivity contribution in [2.75, 3.05) is 19.0 Å². The van der Waals surface area contributed by atoms with Crippen LogP contribution in [0.3, 0.4) is 0 Å². The van der Waals surface area contributed by atoms with Crippen molar-refractivity contribution in [2.45, 2.75) is 71.7 Å². The molecule has 1 aliphatic heterocycles.